The van der Waals surface area contributed by atoms with Crippen molar-refractivity contribution in [2.24, 2.45) is 11.8 Å². The predicted molar refractivity (Wildman–Crippen MR) is 61.3 cm³/mol. The predicted octanol–water partition coefficient (Wildman–Crippen LogP) is -0.571. The number of carbonyl (C=O) groups is 4. The second-order valence-corrected chi connectivity index (χ2v) is 5.05. The van der Waals surface area contributed by atoms with Crippen molar-refractivity contribution >= 4 is 23.5 Å². The van der Waals surface area contributed by atoms with Crippen molar-refractivity contribution in [1.29, 1.82) is 0 Å². The number of hydrogen-bond donors (Lipinski definition) is 0. The van der Waals surface area contributed by atoms with Crippen molar-refractivity contribution in [3.8, 4) is 0 Å². The van der Waals surface area contributed by atoms with Gasteiger partial charge in [-0.25, -0.2) is 0 Å². The number of hydrogen-bond acceptors (Lipinski definition) is 4. The van der Waals surface area contributed by atoms with Crippen molar-refractivity contribution in [2.45, 2.75) is 19.3 Å². The lowest BCUT2D eigenvalue weighted by atomic mass is 9.80. The Morgan fingerprint density at radius 1 is 1.22 bits per heavy atom. The maximum absolute atomic E-state index is 12.0. The van der Waals surface area contributed by atoms with Gasteiger partial charge in [0.1, 0.15) is 12.3 Å². The molecule has 1 aliphatic carbocycles. The van der Waals surface area contributed by atoms with Crippen molar-refractivity contribution < 1.29 is 19.2 Å². The average molecular weight is 252 g/mol. The van der Waals surface area contributed by atoms with Gasteiger partial charge in [-0.3, -0.25) is 24.1 Å². The molecule has 0 bridgehead atoms. The van der Waals surface area contributed by atoms with Crippen LogP contribution in [0.1, 0.15) is 19.3 Å². The zero-order valence-corrected chi connectivity index (χ0v) is 10.5. The van der Waals surface area contributed by atoms with Crippen LogP contribution in [0.5, 0.6) is 0 Å². The lowest BCUT2D eigenvalue weighted by Crippen LogP contribution is -2.40. The Bertz CT molecular complexity index is 430. The lowest BCUT2D eigenvalue weighted by Gasteiger charge is -2.18. The van der Waals surface area contributed by atoms with E-state index in [9.17, 15) is 19.2 Å². The summed E-state index contributed by atoms with van der Waals surface area (Å²) in [6.07, 6.45) is 0.929. The molecule has 98 valence electrons. The van der Waals surface area contributed by atoms with Crippen LogP contribution in [0.25, 0.3) is 0 Å². The molecule has 1 saturated heterocycles. The van der Waals surface area contributed by atoms with Gasteiger partial charge < -0.3 is 4.90 Å². The number of rotatable bonds is 2. The van der Waals surface area contributed by atoms with Crippen molar-refractivity contribution in [1.82, 2.24) is 9.80 Å². The fraction of sp³-hybridized carbons (Fsp3) is 0.667. The van der Waals surface area contributed by atoms with Crippen LogP contribution < -0.4 is 0 Å². The van der Waals surface area contributed by atoms with Gasteiger partial charge in [0.2, 0.25) is 17.7 Å². The molecule has 0 N–H and O–H groups in total. The quantitative estimate of drug-likeness (QED) is 0.617. The molecular weight excluding hydrogens is 236 g/mol. The van der Waals surface area contributed by atoms with Gasteiger partial charge in [-0.2, -0.15) is 0 Å². The summed E-state index contributed by atoms with van der Waals surface area (Å²) < 4.78 is 0. The summed E-state index contributed by atoms with van der Waals surface area (Å²) in [7, 11) is 3.15. The number of likely N-dealkylation sites (tertiary alicyclic amines) is 1. The van der Waals surface area contributed by atoms with Crippen LogP contribution in [0.15, 0.2) is 0 Å². The lowest BCUT2D eigenvalue weighted by molar-refractivity contribution is -0.145. The van der Waals surface area contributed by atoms with Gasteiger partial charge in [0.05, 0.1) is 11.8 Å². The third-order valence-corrected chi connectivity index (χ3v) is 3.63. The molecule has 1 aliphatic heterocycles. The second-order valence-electron chi connectivity index (χ2n) is 5.05. The van der Waals surface area contributed by atoms with Gasteiger partial charge in [0.15, 0.2) is 0 Å². The Hall–Kier alpha value is -1.72. The van der Waals surface area contributed by atoms with E-state index in [0.29, 0.717) is 12.8 Å². The molecule has 0 aromatic heterocycles. The molecule has 1 heterocycles. The van der Waals surface area contributed by atoms with Crippen LogP contribution >= 0.6 is 0 Å². The van der Waals surface area contributed by atoms with Crippen LogP contribution in [0.3, 0.4) is 0 Å². The maximum atomic E-state index is 12.0. The Kier molecular flexibility index (Phi) is 3.19. The number of likely N-dealkylation sites (N-methyl/N-ethyl adjacent to an activating group) is 1. The fourth-order valence-electron chi connectivity index (χ4n) is 2.50. The molecular formula is C12H16N2O4. The van der Waals surface area contributed by atoms with Gasteiger partial charge in [-0.05, 0) is 6.42 Å². The van der Waals surface area contributed by atoms with E-state index < -0.39 is 11.8 Å². The van der Waals surface area contributed by atoms with E-state index in [1.165, 1.54) is 4.90 Å². The second kappa shape index (κ2) is 4.51. The Balaban J connectivity index is 2.14. The highest BCUT2D eigenvalue weighted by Gasteiger charge is 2.50. The van der Waals surface area contributed by atoms with Crippen LogP contribution in [-0.4, -0.2) is 53.9 Å². The number of imide groups is 1. The summed E-state index contributed by atoms with van der Waals surface area (Å²) in [5.74, 6) is -1.86. The van der Waals surface area contributed by atoms with E-state index in [4.69, 9.17) is 0 Å². The zero-order chi connectivity index (χ0) is 13.4. The summed E-state index contributed by atoms with van der Waals surface area (Å²) in [6, 6.07) is 0. The van der Waals surface area contributed by atoms with E-state index in [1.54, 1.807) is 14.1 Å². The molecule has 3 amide bonds. The standard InChI is InChI=1S/C12H16N2O4/c1-13(2)10(16)6-14-11(17)8-4-3-7(15)5-9(8)12(14)18/h8-9H,3-6H2,1-2H3/t8-,9-/m1/s1. The molecule has 6 heteroatoms. The fourth-order valence-corrected chi connectivity index (χ4v) is 2.50. The molecule has 2 rings (SSSR count). The first-order valence-electron chi connectivity index (χ1n) is 5.99. The smallest absolute Gasteiger partial charge is 0.242 e. The number of ketones is 1. The molecule has 1 saturated carbocycles. The summed E-state index contributed by atoms with van der Waals surface area (Å²) in [5.41, 5.74) is 0. The first kappa shape index (κ1) is 12.7. The summed E-state index contributed by atoms with van der Waals surface area (Å²) >= 11 is 0. The number of amides is 3. The molecule has 18 heavy (non-hydrogen) atoms. The molecule has 2 atom stereocenters. The third kappa shape index (κ3) is 2.02. The molecule has 0 unspecified atom stereocenters. The summed E-state index contributed by atoms with van der Waals surface area (Å²) in [6.45, 7) is -0.216. The molecule has 0 aromatic carbocycles. The number of nitrogens with zero attached hydrogens (tertiary/aromatic N) is 2. The van der Waals surface area contributed by atoms with Crippen LogP contribution in [0, 0.1) is 11.8 Å². The van der Waals surface area contributed by atoms with E-state index in [-0.39, 0.29) is 36.5 Å². The molecule has 0 radical (unpaired) electrons. The Labute approximate surface area is 105 Å². The van der Waals surface area contributed by atoms with Crippen LogP contribution in [0.4, 0.5) is 0 Å². The normalized spacial score (nSPS) is 27.4. The Morgan fingerprint density at radius 3 is 2.44 bits per heavy atom. The SMILES string of the molecule is CN(C)C(=O)CN1C(=O)[C@@H]2CCC(=O)C[C@H]2C1=O. The Morgan fingerprint density at radius 2 is 1.83 bits per heavy atom. The van der Waals surface area contributed by atoms with Crippen LogP contribution in [-0.2, 0) is 19.2 Å². The van der Waals surface area contributed by atoms with E-state index in [0.717, 1.165) is 4.90 Å². The van der Waals surface area contributed by atoms with Crippen molar-refractivity contribution in [2.75, 3.05) is 20.6 Å². The largest absolute Gasteiger partial charge is 0.347 e. The first-order valence-corrected chi connectivity index (χ1v) is 5.99. The number of carbonyl (C=O) groups excluding carboxylic acids is 4. The molecule has 2 fully saturated rings. The van der Waals surface area contributed by atoms with E-state index in [2.05, 4.69) is 0 Å². The van der Waals surface area contributed by atoms with Gasteiger partial charge in [-0.15, -0.1) is 0 Å². The maximum Gasteiger partial charge on any atom is 0.242 e. The molecule has 0 spiro atoms. The van der Waals surface area contributed by atoms with Crippen molar-refractivity contribution in [3.05, 3.63) is 0 Å². The molecule has 6 nitrogen and oxygen atoms in total. The van der Waals surface area contributed by atoms with E-state index >= 15 is 0 Å². The highest BCUT2D eigenvalue weighted by atomic mass is 16.2. The minimum Gasteiger partial charge on any atom is -0.347 e. The van der Waals surface area contributed by atoms with Gasteiger partial charge >= 0.3 is 0 Å². The highest BCUT2D eigenvalue weighted by molar-refractivity contribution is 6.09. The van der Waals surface area contributed by atoms with E-state index in [1.807, 2.05) is 0 Å². The van der Waals surface area contributed by atoms with Gasteiger partial charge in [0, 0.05) is 26.9 Å². The average Bonchev–Trinajstić information content (AvgIpc) is 2.54. The van der Waals surface area contributed by atoms with Crippen LogP contribution in [0.2, 0.25) is 0 Å². The van der Waals surface area contributed by atoms with Crippen molar-refractivity contribution in [3.63, 3.8) is 0 Å². The molecule has 2 aliphatic rings. The minimum absolute atomic E-state index is 0.0261. The number of fused-ring (bicyclic) bond motifs is 1. The number of Topliss-reactive ketones (excluding diaryl/α,β-unsaturated/α-hetero) is 1. The zero-order valence-electron chi connectivity index (χ0n) is 10.5. The van der Waals surface area contributed by atoms with Gasteiger partial charge in [-0.1, -0.05) is 0 Å². The first-order chi connectivity index (χ1) is 8.41. The third-order valence-electron chi connectivity index (χ3n) is 3.63. The molecule has 0 aromatic rings. The topological polar surface area (TPSA) is 74.8 Å². The monoisotopic (exact) mass is 252 g/mol. The highest BCUT2D eigenvalue weighted by Crippen LogP contribution is 2.36. The minimum atomic E-state index is -0.534. The summed E-state index contributed by atoms with van der Waals surface area (Å²) in [4.78, 5) is 49.3. The summed E-state index contributed by atoms with van der Waals surface area (Å²) in [5, 5.41) is 0. The van der Waals surface area contributed by atoms with Gasteiger partial charge in [0.25, 0.3) is 0 Å².